The van der Waals surface area contributed by atoms with Crippen molar-refractivity contribution in [2.75, 3.05) is 37.6 Å². The van der Waals surface area contributed by atoms with Crippen LogP contribution in [0.25, 0.3) is 22.6 Å². The minimum Gasteiger partial charge on any atom is -0.496 e. The SMILES string of the molecule is COc1cc(Nc2ncc(-c3ccccc3N(C)C(=O)OC3CCOC3)o2)ccc1-c1cnco1. The van der Waals surface area contributed by atoms with Crippen LogP contribution in [0.5, 0.6) is 5.75 Å². The van der Waals surface area contributed by atoms with E-state index in [-0.39, 0.29) is 12.1 Å². The number of rotatable bonds is 7. The number of oxazole rings is 2. The van der Waals surface area contributed by atoms with Crippen LogP contribution in [0.3, 0.4) is 0 Å². The van der Waals surface area contributed by atoms with Crippen molar-refractivity contribution < 1.29 is 27.8 Å². The molecule has 2 aromatic heterocycles. The molecule has 1 N–H and O–H groups in total. The van der Waals surface area contributed by atoms with Crippen LogP contribution in [0.2, 0.25) is 0 Å². The molecule has 0 spiro atoms. The Hall–Kier alpha value is -4.31. The molecule has 1 saturated heterocycles. The van der Waals surface area contributed by atoms with E-state index in [1.165, 1.54) is 11.3 Å². The van der Waals surface area contributed by atoms with Crippen LogP contribution < -0.4 is 15.0 Å². The zero-order chi connectivity index (χ0) is 24.2. The maximum absolute atomic E-state index is 12.7. The van der Waals surface area contributed by atoms with E-state index in [9.17, 15) is 4.79 Å². The first kappa shape index (κ1) is 22.5. The van der Waals surface area contributed by atoms with Crippen LogP contribution >= 0.6 is 0 Å². The van der Waals surface area contributed by atoms with Crippen LogP contribution in [0.4, 0.5) is 22.2 Å². The number of para-hydroxylation sites is 1. The second kappa shape index (κ2) is 9.90. The van der Waals surface area contributed by atoms with Crippen molar-refractivity contribution in [1.29, 1.82) is 0 Å². The van der Waals surface area contributed by atoms with Crippen molar-refractivity contribution in [2.24, 2.45) is 0 Å². The van der Waals surface area contributed by atoms with Crippen molar-refractivity contribution >= 4 is 23.5 Å². The number of hydrogen-bond donors (Lipinski definition) is 1. The fraction of sp³-hybridized carbons (Fsp3) is 0.240. The number of amides is 1. The van der Waals surface area contributed by atoms with Crippen LogP contribution in [0, 0.1) is 0 Å². The number of nitrogens with one attached hydrogen (secondary N) is 1. The fourth-order valence-corrected chi connectivity index (χ4v) is 3.80. The van der Waals surface area contributed by atoms with E-state index in [1.807, 2.05) is 42.5 Å². The number of ether oxygens (including phenoxy) is 3. The molecule has 180 valence electrons. The molecule has 1 aliphatic rings. The summed E-state index contributed by atoms with van der Waals surface area (Å²) in [5.41, 5.74) is 2.83. The van der Waals surface area contributed by atoms with E-state index in [2.05, 4.69) is 15.3 Å². The Morgan fingerprint density at radius 1 is 1.14 bits per heavy atom. The lowest BCUT2D eigenvalue weighted by Crippen LogP contribution is -2.31. The highest BCUT2D eigenvalue weighted by Crippen LogP contribution is 2.35. The summed E-state index contributed by atoms with van der Waals surface area (Å²) in [7, 11) is 3.25. The van der Waals surface area contributed by atoms with E-state index < -0.39 is 6.09 Å². The van der Waals surface area contributed by atoms with Gasteiger partial charge in [0.05, 0.1) is 44.0 Å². The third-order valence-electron chi connectivity index (χ3n) is 5.62. The quantitative estimate of drug-likeness (QED) is 0.389. The van der Waals surface area contributed by atoms with Gasteiger partial charge in [-0.15, -0.1) is 0 Å². The molecular weight excluding hydrogens is 452 g/mol. The third kappa shape index (κ3) is 4.82. The number of anilines is 3. The van der Waals surface area contributed by atoms with Gasteiger partial charge in [0.1, 0.15) is 11.9 Å². The van der Waals surface area contributed by atoms with Gasteiger partial charge >= 0.3 is 6.09 Å². The molecule has 1 atom stereocenters. The number of carbonyl (C=O) groups is 1. The zero-order valence-electron chi connectivity index (χ0n) is 19.3. The zero-order valence-corrected chi connectivity index (χ0v) is 19.3. The Morgan fingerprint density at radius 3 is 2.80 bits per heavy atom. The molecule has 0 saturated carbocycles. The second-order valence-electron chi connectivity index (χ2n) is 7.88. The maximum Gasteiger partial charge on any atom is 0.414 e. The van der Waals surface area contributed by atoms with Crippen molar-refractivity contribution in [3.05, 3.63) is 61.3 Å². The first-order valence-corrected chi connectivity index (χ1v) is 11.0. The van der Waals surface area contributed by atoms with E-state index in [4.69, 9.17) is 23.0 Å². The van der Waals surface area contributed by atoms with Crippen molar-refractivity contribution in [1.82, 2.24) is 9.97 Å². The lowest BCUT2D eigenvalue weighted by molar-refractivity contribution is 0.0890. The summed E-state index contributed by atoms with van der Waals surface area (Å²) in [5.74, 6) is 1.71. The molecule has 4 aromatic rings. The molecular formula is C25H24N4O6. The van der Waals surface area contributed by atoms with Gasteiger partial charge < -0.3 is 28.4 Å². The predicted octanol–water partition coefficient (Wildman–Crippen LogP) is 5.11. The molecule has 0 radical (unpaired) electrons. The van der Waals surface area contributed by atoms with Crippen LogP contribution in [-0.2, 0) is 9.47 Å². The minimum absolute atomic E-state index is 0.231. The van der Waals surface area contributed by atoms with Gasteiger partial charge in [0.25, 0.3) is 6.01 Å². The van der Waals surface area contributed by atoms with Gasteiger partial charge in [-0.2, -0.15) is 0 Å². The number of nitrogens with zero attached hydrogens (tertiary/aromatic N) is 3. The third-order valence-corrected chi connectivity index (χ3v) is 5.62. The highest BCUT2D eigenvalue weighted by atomic mass is 16.6. The van der Waals surface area contributed by atoms with Crippen molar-refractivity contribution in [3.63, 3.8) is 0 Å². The van der Waals surface area contributed by atoms with Crippen LogP contribution in [-0.4, -0.2) is 49.5 Å². The maximum atomic E-state index is 12.7. The van der Waals surface area contributed by atoms with Gasteiger partial charge in [-0.1, -0.05) is 12.1 Å². The molecule has 2 aromatic carbocycles. The Kier molecular flexibility index (Phi) is 6.36. The number of aromatic nitrogens is 2. The van der Waals surface area contributed by atoms with E-state index in [0.29, 0.717) is 53.8 Å². The highest BCUT2D eigenvalue weighted by molar-refractivity contribution is 5.92. The fourth-order valence-electron chi connectivity index (χ4n) is 3.80. The summed E-state index contributed by atoms with van der Waals surface area (Å²) in [5, 5.41) is 3.14. The molecule has 3 heterocycles. The first-order chi connectivity index (χ1) is 17.1. The molecule has 0 aliphatic carbocycles. The lowest BCUT2D eigenvalue weighted by atomic mass is 10.1. The average Bonchev–Trinajstić information content (AvgIpc) is 3.67. The van der Waals surface area contributed by atoms with Crippen molar-refractivity contribution in [2.45, 2.75) is 12.5 Å². The summed E-state index contributed by atoms with van der Waals surface area (Å²) in [4.78, 5) is 22.4. The molecule has 0 bridgehead atoms. The average molecular weight is 476 g/mol. The van der Waals surface area contributed by atoms with E-state index in [0.717, 1.165) is 5.56 Å². The molecule has 1 aliphatic heterocycles. The van der Waals surface area contributed by atoms with Crippen LogP contribution in [0.15, 0.2) is 70.1 Å². The largest absolute Gasteiger partial charge is 0.496 e. The number of hydrogen-bond acceptors (Lipinski definition) is 9. The van der Waals surface area contributed by atoms with Gasteiger partial charge in [-0.3, -0.25) is 4.90 Å². The monoisotopic (exact) mass is 476 g/mol. The molecule has 10 nitrogen and oxygen atoms in total. The van der Waals surface area contributed by atoms with Crippen LogP contribution in [0.1, 0.15) is 6.42 Å². The van der Waals surface area contributed by atoms with Gasteiger partial charge in [0.15, 0.2) is 17.9 Å². The summed E-state index contributed by atoms with van der Waals surface area (Å²) in [6, 6.07) is 13.2. The molecule has 10 heteroatoms. The Labute approximate surface area is 201 Å². The Balaban J connectivity index is 1.34. The molecule has 1 amide bonds. The smallest absolute Gasteiger partial charge is 0.414 e. The van der Waals surface area contributed by atoms with E-state index in [1.54, 1.807) is 26.6 Å². The van der Waals surface area contributed by atoms with Gasteiger partial charge in [0.2, 0.25) is 0 Å². The Bertz CT molecular complexity index is 1300. The summed E-state index contributed by atoms with van der Waals surface area (Å²) < 4.78 is 27.7. The molecule has 1 unspecified atom stereocenters. The highest BCUT2D eigenvalue weighted by Gasteiger charge is 2.24. The summed E-state index contributed by atoms with van der Waals surface area (Å²) in [6.45, 7) is 1.02. The van der Waals surface area contributed by atoms with Gasteiger partial charge in [-0.05, 0) is 24.3 Å². The Morgan fingerprint density at radius 2 is 2.03 bits per heavy atom. The number of benzene rings is 2. The number of methoxy groups -OCH3 is 1. The van der Waals surface area contributed by atoms with Crippen molar-refractivity contribution in [3.8, 4) is 28.4 Å². The van der Waals surface area contributed by atoms with Gasteiger partial charge in [0, 0.05) is 30.8 Å². The second-order valence-corrected chi connectivity index (χ2v) is 7.88. The lowest BCUT2D eigenvalue weighted by Gasteiger charge is -2.21. The summed E-state index contributed by atoms with van der Waals surface area (Å²) in [6.07, 6.45) is 4.61. The van der Waals surface area contributed by atoms with E-state index >= 15 is 0 Å². The topological polar surface area (TPSA) is 112 Å². The predicted molar refractivity (Wildman–Crippen MR) is 128 cm³/mol. The minimum atomic E-state index is -0.454. The normalized spacial score (nSPS) is 15.1. The molecule has 1 fully saturated rings. The summed E-state index contributed by atoms with van der Waals surface area (Å²) >= 11 is 0. The first-order valence-electron chi connectivity index (χ1n) is 11.0. The molecule has 5 rings (SSSR count). The molecule has 35 heavy (non-hydrogen) atoms. The standard InChI is InChI=1S/C25H24N4O6/c1-29(25(30)34-17-9-10-32-14-17)20-6-4-3-5-18(20)23-13-27-24(35-23)28-16-7-8-19(21(11-16)31-2)22-12-26-15-33-22/h3-8,11-13,15,17H,9-10,14H2,1-2H3,(H,27,28). The number of carbonyl (C=O) groups excluding carboxylic acids is 1. The van der Waals surface area contributed by atoms with Gasteiger partial charge in [-0.25, -0.2) is 14.8 Å².